The highest BCUT2D eigenvalue weighted by molar-refractivity contribution is 5.72. The maximum absolute atomic E-state index is 12.1. The van der Waals surface area contributed by atoms with Gasteiger partial charge in [-0.05, 0) is 64.8 Å². The third-order valence-corrected chi connectivity index (χ3v) is 3.82. The summed E-state index contributed by atoms with van der Waals surface area (Å²) in [4.78, 5) is 14.2. The fourth-order valence-corrected chi connectivity index (χ4v) is 2.96. The van der Waals surface area contributed by atoms with Gasteiger partial charge in [0.05, 0.1) is 6.54 Å². The third-order valence-electron chi connectivity index (χ3n) is 3.82. The van der Waals surface area contributed by atoms with Crippen LogP contribution in [-0.2, 0) is 9.53 Å². The molecule has 1 saturated heterocycles. The van der Waals surface area contributed by atoms with E-state index in [9.17, 15) is 4.79 Å². The number of hydrogen-bond acceptors (Lipinski definition) is 4. The molecule has 1 fully saturated rings. The van der Waals surface area contributed by atoms with E-state index < -0.39 is 5.60 Å². The van der Waals surface area contributed by atoms with Crippen molar-refractivity contribution >= 4 is 12.2 Å². The van der Waals surface area contributed by atoms with Crippen molar-refractivity contribution in [3.05, 3.63) is 35.5 Å². The number of ether oxygens (including phenoxy) is 1. The second-order valence-corrected chi connectivity index (χ2v) is 6.95. The van der Waals surface area contributed by atoms with Gasteiger partial charge < -0.3 is 9.30 Å². The second-order valence-electron chi connectivity index (χ2n) is 6.95. The average Bonchev–Trinajstić information content (AvgIpc) is 2.87. The van der Waals surface area contributed by atoms with E-state index in [1.165, 1.54) is 0 Å². The van der Waals surface area contributed by atoms with Crippen molar-refractivity contribution in [1.29, 1.82) is 5.41 Å². The molecule has 0 bridgehead atoms. The van der Waals surface area contributed by atoms with E-state index >= 15 is 0 Å². The molecule has 1 aromatic rings. The molecule has 0 saturated carbocycles. The molecule has 1 unspecified atom stereocenters. The van der Waals surface area contributed by atoms with E-state index in [-0.39, 0.29) is 12.0 Å². The number of carbonyl (C=O) groups is 1. The molecule has 2 rings (SSSR count). The summed E-state index contributed by atoms with van der Waals surface area (Å²) in [5, 5.41) is 8.11. The zero-order valence-corrected chi connectivity index (χ0v) is 14.5. The van der Waals surface area contributed by atoms with Crippen molar-refractivity contribution < 1.29 is 9.53 Å². The third kappa shape index (κ3) is 4.79. The second kappa shape index (κ2) is 7.13. The van der Waals surface area contributed by atoms with Crippen LogP contribution in [0.5, 0.6) is 0 Å². The van der Waals surface area contributed by atoms with Crippen molar-refractivity contribution in [2.45, 2.75) is 52.2 Å². The zero-order chi connectivity index (χ0) is 17.0. The minimum absolute atomic E-state index is 0.185. The number of hydrogen-bond donors (Lipinski definition) is 1. The van der Waals surface area contributed by atoms with Crippen LogP contribution in [0.25, 0.3) is 6.20 Å². The van der Waals surface area contributed by atoms with Crippen LogP contribution in [0.15, 0.2) is 24.4 Å². The predicted octanol–water partition coefficient (Wildman–Crippen LogP) is 2.94. The normalized spacial score (nSPS) is 19.4. The number of nitrogens with one attached hydrogen (secondary N) is 1. The fourth-order valence-electron chi connectivity index (χ4n) is 2.96. The first kappa shape index (κ1) is 17.5. The minimum Gasteiger partial charge on any atom is -0.459 e. The Morgan fingerprint density at radius 1 is 1.48 bits per heavy atom. The van der Waals surface area contributed by atoms with Crippen LogP contribution in [-0.4, -0.2) is 34.1 Å². The van der Waals surface area contributed by atoms with Gasteiger partial charge in [-0.1, -0.05) is 6.08 Å². The Kier molecular flexibility index (Phi) is 5.42. The van der Waals surface area contributed by atoms with Gasteiger partial charge in [-0.25, -0.2) is 0 Å². The summed E-state index contributed by atoms with van der Waals surface area (Å²) in [6.45, 7) is 8.78. The quantitative estimate of drug-likeness (QED) is 0.869. The van der Waals surface area contributed by atoms with Gasteiger partial charge in [0.1, 0.15) is 11.1 Å². The lowest BCUT2D eigenvalue weighted by Crippen LogP contribution is -2.35. The highest BCUT2D eigenvalue weighted by atomic mass is 16.6. The molecule has 0 radical (unpaired) electrons. The lowest BCUT2D eigenvalue weighted by atomic mass is 10.1. The van der Waals surface area contributed by atoms with Gasteiger partial charge >= 0.3 is 5.97 Å². The van der Waals surface area contributed by atoms with E-state index in [0.717, 1.165) is 24.9 Å². The fraction of sp³-hybridized carbons (Fsp3) is 0.556. The van der Waals surface area contributed by atoms with Gasteiger partial charge in [-0.2, -0.15) is 0 Å². The average molecular weight is 317 g/mol. The monoisotopic (exact) mass is 317 g/mol. The highest BCUT2D eigenvalue weighted by Crippen LogP contribution is 2.31. The number of carbonyl (C=O) groups excluding carboxylic acids is 1. The van der Waals surface area contributed by atoms with Gasteiger partial charge in [-0.3, -0.25) is 15.1 Å². The summed E-state index contributed by atoms with van der Waals surface area (Å²) < 4.78 is 7.20. The molecule has 0 aromatic carbocycles. The van der Waals surface area contributed by atoms with Crippen LogP contribution in [0.1, 0.15) is 52.1 Å². The maximum atomic E-state index is 12.1. The highest BCUT2D eigenvalue weighted by Gasteiger charge is 2.29. The standard InChI is InChI=1S/C18H27N3O2/c1-5-9-20-11-8-14(12-16(20)19)15-7-6-10-21(15)13-17(22)23-18(2,3)4/h5,8-9,11-12,15,19H,6-7,10,13H2,1-4H3/b9-5-,19-16?. The van der Waals surface area contributed by atoms with E-state index in [1.54, 1.807) is 4.57 Å². The molecule has 1 aliphatic rings. The number of likely N-dealkylation sites (tertiary alicyclic amines) is 1. The topological polar surface area (TPSA) is 58.3 Å². The molecule has 1 N–H and O–H groups in total. The van der Waals surface area contributed by atoms with Crippen LogP contribution >= 0.6 is 0 Å². The van der Waals surface area contributed by atoms with Crippen LogP contribution in [0.4, 0.5) is 0 Å². The number of allylic oxidation sites excluding steroid dienone is 1. The number of nitrogens with zero attached hydrogens (tertiary/aromatic N) is 2. The first-order valence-electron chi connectivity index (χ1n) is 8.15. The first-order valence-corrected chi connectivity index (χ1v) is 8.15. The van der Waals surface area contributed by atoms with E-state index in [0.29, 0.717) is 12.0 Å². The van der Waals surface area contributed by atoms with Gasteiger partial charge in [0.25, 0.3) is 0 Å². The summed E-state index contributed by atoms with van der Waals surface area (Å²) >= 11 is 0. The Bertz CT molecular complexity index is 640. The first-order chi connectivity index (χ1) is 10.8. The van der Waals surface area contributed by atoms with Crippen LogP contribution < -0.4 is 5.49 Å². The molecular weight excluding hydrogens is 290 g/mol. The van der Waals surface area contributed by atoms with Gasteiger partial charge in [0.15, 0.2) is 0 Å². The minimum atomic E-state index is -0.453. The Hall–Kier alpha value is -1.88. The van der Waals surface area contributed by atoms with Crippen molar-refractivity contribution in [2.24, 2.45) is 0 Å². The summed E-state index contributed by atoms with van der Waals surface area (Å²) in [6.07, 6.45) is 7.74. The predicted molar refractivity (Wildman–Crippen MR) is 90.7 cm³/mol. The van der Waals surface area contributed by atoms with Gasteiger partial charge in [-0.15, -0.1) is 0 Å². The largest absolute Gasteiger partial charge is 0.459 e. The molecule has 0 aliphatic carbocycles. The van der Waals surface area contributed by atoms with Crippen molar-refractivity contribution in [3.63, 3.8) is 0 Å². The molecule has 0 amide bonds. The van der Waals surface area contributed by atoms with Crippen molar-refractivity contribution in [2.75, 3.05) is 13.1 Å². The summed E-state index contributed by atoms with van der Waals surface area (Å²) in [6, 6.07) is 4.11. The molecule has 23 heavy (non-hydrogen) atoms. The van der Waals surface area contributed by atoms with Crippen molar-refractivity contribution in [3.8, 4) is 0 Å². The molecule has 1 aliphatic heterocycles. The van der Waals surface area contributed by atoms with E-state index in [1.807, 2.05) is 58.3 Å². The Morgan fingerprint density at radius 2 is 2.22 bits per heavy atom. The molecule has 0 spiro atoms. The molecule has 5 nitrogen and oxygen atoms in total. The zero-order valence-electron chi connectivity index (χ0n) is 14.5. The molecule has 5 heteroatoms. The molecule has 2 heterocycles. The molecule has 126 valence electrons. The smallest absolute Gasteiger partial charge is 0.320 e. The van der Waals surface area contributed by atoms with Gasteiger partial charge in [0.2, 0.25) is 0 Å². The molecule has 1 aromatic heterocycles. The Balaban J connectivity index is 2.11. The number of aromatic nitrogens is 1. The molecule has 1 atom stereocenters. The van der Waals surface area contributed by atoms with Gasteiger partial charge in [0, 0.05) is 18.4 Å². The van der Waals surface area contributed by atoms with Crippen LogP contribution in [0.2, 0.25) is 0 Å². The van der Waals surface area contributed by atoms with E-state index in [4.69, 9.17) is 10.1 Å². The Morgan fingerprint density at radius 3 is 2.83 bits per heavy atom. The maximum Gasteiger partial charge on any atom is 0.320 e. The van der Waals surface area contributed by atoms with Crippen LogP contribution in [0, 0.1) is 5.41 Å². The van der Waals surface area contributed by atoms with Crippen molar-refractivity contribution in [1.82, 2.24) is 9.47 Å². The SMILES string of the molecule is C/C=C\n1ccc(C2CCCN2CC(=O)OC(C)(C)C)cc1=N. The van der Waals surface area contributed by atoms with E-state index in [2.05, 4.69) is 4.90 Å². The number of rotatable bonds is 4. The van der Waals surface area contributed by atoms with Crippen LogP contribution in [0.3, 0.4) is 0 Å². The summed E-state index contributed by atoms with van der Waals surface area (Å²) in [7, 11) is 0. The Labute approximate surface area is 138 Å². The summed E-state index contributed by atoms with van der Waals surface area (Å²) in [5.41, 5.74) is 1.09. The summed E-state index contributed by atoms with van der Waals surface area (Å²) in [5.74, 6) is -0.185. The number of pyridine rings is 1. The molecular formula is C18H27N3O2. The lowest BCUT2D eigenvalue weighted by molar-refractivity contribution is -0.156. The lowest BCUT2D eigenvalue weighted by Gasteiger charge is -2.26. The number of esters is 1.